The molecule has 0 unspecified atom stereocenters. The van der Waals surface area contributed by atoms with E-state index in [-0.39, 0.29) is 5.43 Å². The van der Waals surface area contributed by atoms with Gasteiger partial charge in [0.15, 0.2) is 11.0 Å². The van der Waals surface area contributed by atoms with E-state index in [1.807, 2.05) is 42.6 Å². The van der Waals surface area contributed by atoms with E-state index in [1.54, 1.807) is 24.7 Å². The largest absolute Gasteiger partial charge is 0.454 e. The summed E-state index contributed by atoms with van der Waals surface area (Å²) in [5, 5.41) is 1.55. The molecule has 5 rings (SSSR count). The highest BCUT2D eigenvalue weighted by Gasteiger charge is 2.15. The monoisotopic (exact) mass is 339 g/mol. The van der Waals surface area contributed by atoms with E-state index in [2.05, 4.69) is 15.0 Å². The first-order valence-electron chi connectivity index (χ1n) is 8.21. The van der Waals surface area contributed by atoms with Crippen molar-refractivity contribution in [1.29, 1.82) is 0 Å². The Morgan fingerprint density at radius 3 is 2.69 bits per heavy atom. The van der Waals surface area contributed by atoms with Crippen LogP contribution >= 0.6 is 0 Å². The molecule has 0 saturated heterocycles. The van der Waals surface area contributed by atoms with Crippen LogP contribution in [0.2, 0.25) is 0 Å². The van der Waals surface area contributed by atoms with Gasteiger partial charge in [-0.25, -0.2) is 0 Å². The molecule has 5 aromatic rings. The van der Waals surface area contributed by atoms with E-state index >= 15 is 0 Å². The molecule has 0 spiro atoms. The summed E-state index contributed by atoms with van der Waals surface area (Å²) in [4.78, 5) is 24.4. The van der Waals surface area contributed by atoms with Crippen molar-refractivity contribution in [3.63, 3.8) is 0 Å². The Morgan fingerprint density at radius 1 is 0.923 bits per heavy atom. The third-order valence-corrected chi connectivity index (χ3v) is 4.46. The smallest absolute Gasteiger partial charge is 0.193 e. The molecule has 1 aromatic carbocycles. The van der Waals surface area contributed by atoms with Crippen molar-refractivity contribution in [2.24, 2.45) is 0 Å². The van der Waals surface area contributed by atoms with Gasteiger partial charge in [-0.3, -0.25) is 14.8 Å². The summed E-state index contributed by atoms with van der Waals surface area (Å²) >= 11 is 0. The minimum absolute atomic E-state index is 0.0945. The van der Waals surface area contributed by atoms with Crippen LogP contribution in [0.25, 0.3) is 44.5 Å². The van der Waals surface area contributed by atoms with Crippen LogP contribution in [-0.2, 0) is 0 Å². The van der Waals surface area contributed by atoms with Crippen molar-refractivity contribution < 1.29 is 4.42 Å². The second-order valence-electron chi connectivity index (χ2n) is 5.99. The molecule has 0 bridgehead atoms. The summed E-state index contributed by atoms with van der Waals surface area (Å²) in [6.07, 6.45) is 6.87. The average molecular weight is 339 g/mol. The summed E-state index contributed by atoms with van der Waals surface area (Å²) < 4.78 is 6.14. The van der Waals surface area contributed by atoms with Gasteiger partial charge in [-0.05, 0) is 30.3 Å². The van der Waals surface area contributed by atoms with Crippen LogP contribution in [0, 0.1) is 0 Å². The Balaban J connectivity index is 1.85. The molecule has 1 N–H and O–H groups in total. The molecule has 0 fully saturated rings. The predicted molar refractivity (Wildman–Crippen MR) is 101 cm³/mol. The molecule has 0 amide bonds. The zero-order chi connectivity index (χ0) is 17.5. The number of aromatic amines is 1. The second kappa shape index (κ2) is 5.67. The minimum Gasteiger partial charge on any atom is -0.454 e. The summed E-state index contributed by atoms with van der Waals surface area (Å²) in [7, 11) is 0. The van der Waals surface area contributed by atoms with Crippen molar-refractivity contribution in [3.8, 4) is 22.6 Å². The number of pyridine rings is 2. The van der Waals surface area contributed by atoms with E-state index in [4.69, 9.17) is 4.42 Å². The number of benzene rings is 1. The second-order valence-corrected chi connectivity index (χ2v) is 5.99. The molecule has 5 nitrogen and oxygen atoms in total. The summed E-state index contributed by atoms with van der Waals surface area (Å²) in [5.74, 6) is 0.500. The number of H-pyrrole nitrogens is 1. The SMILES string of the molecule is O=c1cc(-c2ccncc2)oc2c(-c3cccc4[nH]ccc34)nccc12. The van der Waals surface area contributed by atoms with Gasteiger partial charge >= 0.3 is 0 Å². The van der Waals surface area contributed by atoms with Crippen molar-refractivity contribution >= 4 is 21.9 Å². The number of hydrogen-bond donors (Lipinski definition) is 1. The molecular weight excluding hydrogens is 326 g/mol. The van der Waals surface area contributed by atoms with Crippen LogP contribution in [0.1, 0.15) is 0 Å². The highest BCUT2D eigenvalue weighted by molar-refractivity contribution is 6.01. The van der Waals surface area contributed by atoms with Crippen LogP contribution in [-0.4, -0.2) is 15.0 Å². The molecule has 0 radical (unpaired) electrons. The van der Waals surface area contributed by atoms with Gasteiger partial charge < -0.3 is 9.40 Å². The summed E-state index contributed by atoms with van der Waals surface area (Å²) in [6, 6.07) is 14.8. The van der Waals surface area contributed by atoms with E-state index in [0.29, 0.717) is 22.4 Å². The minimum atomic E-state index is -0.0945. The molecule has 5 heteroatoms. The van der Waals surface area contributed by atoms with Gasteiger partial charge in [0, 0.05) is 52.9 Å². The quantitative estimate of drug-likeness (QED) is 0.517. The predicted octanol–water partition coefficient (Wildman–Crippen LogP) is 4.40. The topological polar surface area (TPSA) is 71.8 Å². The van der Waals surface area contributed by atoms with Gasteiger partial charge in [0.25, 0.3) is 0 Å². The lowest BCUT2D eigenvalue weighted by atomic mass is 10.0. The number of fused-ring (bicyclic) bond motifs is 2. The van der Waals surface area contributed by atoms with E-state index in [0.717, 1.165) is 22.0 Å². The van der Waals surface area contributed by atoms with Crippen molar-refractivity contribution in [3.05, 3.63) is 83.5 Å². The highest BCUT2D eigenvalue weighted by atomic mass is 16.3. The molecule has 0 aliphatic heterocycles. The van der Waals surface area contributed by atoms with E-state index < -0.39 is 0 Å². The van der Waals surface area contributed by atoms with Crippen molar-refractivity contribution in [2.45, 2.75) is 0 Å². The molecule has 0 atom stereocenters. The molecule has 0 aliphatic rings. The number of nitrogens with zero attached hydrogens (tertiary/aromatic N) is 2. The van der Waals surface area contributed by atoms with E-state index in [1.165, 1.54) is 6.07 Å². The van der Waals surface area contributed by atoms with Crippen LogP contribution < -0.4 is 5.43 Å². The Morgan fingerprint density at radius 2 is 1.81 bits per heavy atom. The van der Waals surface area contributed by atoms with Gasteiger partial charge in [-0.1, -0.05) is 12.1 Å². The van der Waals surface area contributed by atoms with Gasteiger partial charge in [-0.15, -0.1) is 0 Å². The maximum atomic E-state index is 12.7. The third-order valence-electron chi connectivity index (χ3n) is 4.46. The molecule has 4 heterocycles. The Hall–Kier alpha value is -3.73. The molecule has 0 aliphatic carbocycles. The maximum Gasteiger partial charge on any atom is 0.193 e. The number of rotatable bonds is 2. The maximum absolute atomic E-state index is 12.7. The highest BCUT2D eigenvalue weighted by Crippen LogP contribution is 2.32. The first-order chi connectivity index (χ1) is 12.8. The van der Waals surface area contributed by atoms with Gasteiger partial charge in [-0.2, -0.15) is 0 Å². The fraction of sp³-hybridized carbons (Fsp3) is 0. The first-order valence-corrected chi connectivity index (χ1v) is 8.21. The first kappa shape index (κ1) is 14.6. The van der Waals surface area contributed by atoms with Gasteiger partial charge in [0.2, 0.25) is 0 Å². The fourth-order valence-electron chi connectivity index (χ4n) is 3.22. The summed E-state index contributed by atoms with van der Waals surface area (Å²) in [6.45, 7) is 0. The Kier molecular flexibility index (Phi) is 3.18. The average Bonchev–Trinajstić information content (AvgIpc) is 3.17. The summed E-state index contributed by atoms with van der Waals surface area (Å²) in [5.41, 5.74) is 3.77. The number of nitrogens with one attached hydrogen (secondary N) is 1. The molecule has 124 valence electrons. The number of hydrogen-bond acceptors (Lipinski definition) is 4. The van der Waals surface area contributed by atoms with Crippen LogP contribution in [0.4, 0.5) is 0 Å². The van der Waals surface area contributed by atoms with E-state index in [9.17, 15) is 4.79 Å². The lowest BCUT2D eigenvalue weighted by Gasteiger charge is -2.08. The van der Waals surface area contributed by atoms with Crippen LogP contribution in [0.5, 0.6) is 0 Å². The van der Waals surface area contributed by atoms with Crippen LogP contribution in [0.3, 0.4) is 0 Å². The molecular formula is C21H13N3O2. The Labute approximate surface area is 148 Å². The normalized spacial score (nSPS) is 11.2. The number of aromatic nitrogens is 3. The molecule has 4 aromatic heterocycles. The molecule has 0 saturated carbocycles. The standard InChI is InChI=1S/C21H13N3O2/c25-18-12-19(13-4-8-22-9-5-13)26-21-16(18)7-11-24-20(21)15-2-1-3-17-14(15)6-10-23-17/h1-12,23H. The molecule has 26 heavy (non-hydrogen) atoms. The van der Waals surface area contributed by atoms with Gasteiger partial charge in [0.05, 0.1) is 5.39 Å². The third kappa shape index (κ3) is 2.22. The lowest BCUT2D eigenvalue weighted by Crippen LogP contribution is -2.02. The van der Waals surface area contributed by atoms with Crippen molar-refractivity contribution in [1.82, 2.24) is 15.0 Å². The zero-order valence-electron chi connectivity index (χ0n) is 13.6. The van der Waals surface area contributed by atoms with Gasteiger partial charge in [0.1, 0.15) is 11.5 Å². The van der Waals surface area contributed by atoms with Crippen molar-refractivity contribution in [2.75, 3.05) is 0 Å². The Bertz CT molecular complexity index is 1300. The fourth-order valence-corrected chi connectivity index (χ4v) is 3.22. The zero-order valence-corrected chi connectivity index (χ0v) is 13.6. The lowest BCUT2D eigenvalue weighted by molar-refractivity contribution is 0.618. The van der Waals surface area contributed by atoms with Crippen LogP contribution in [0.15, 0.2) is 82.5 Å².